The molecule has 12 nitrogen and oxygen atoms in total. The molecule has 0 bridgehead atoms. The molecule has 0 amide bonds. The fraction of sp³-hybridized carbons (Fsp3) is 0.385. The largest absolute Gasteiger partial charge is 0.465 e. The van der Waals surface area contributed by atoms with Crippen LogP contribution in [0.3, 0.4) is 0 Å². The lowest BCUT2D eigenvalue weighted by Crippen LogP contribution is -2.32. The molecular formula is C26H38N2O10S2. The number of rotatable bonds is 10. The van der Waals surface area contributed by atoms with Crippen LogP contribution < -0.4 is 11.5 Å². The number of carbonyl (C=O) groups is 2. The molecule has 0 aliphatic heterocycles. The zero-order chi connectivity index (χ0) is 31.3. The van der Waals surface area contributed by atoms with E-state index in [1.807, 2.05) is 13.8 Å². The predicted molar refractivity (Wildman–Crippen MR) is 152 cm³/mol. The van der Waals surface area contributed by atoms with E-state index in [1.54, 1.807) is 13.8 Å². The van der Waals surface area contributed by atoms with Crippen LogP contribution in [0.25, 0.3) is 10.8 Å². The van der Waals surface area contributed by atoms with Gasteiger partial charge < -0.3 is 20.9 Å². The van der Waals surface area contributed by atoms with Crippen LogP contribution in [0.1, 0.15) is 40.5 Å². The standard InChI is InChI=1S/C10H8O6S2.2C8H15NO2/c11-17(12,13)9-5-1-3-7-8(9)4-2-6-10(7)18(14,15)16;2*1-4-11-8(10)7(9)5-6(2)3/h1-6H,(H,11,12,13)(H,14,15,16);2*7H,2,4-5,9H2,1,3H3. The molecule has 0 aliphatic rings. The Labute approximate surface area is 235 Å². The van der Waals surface area contributed by atoms with Crippen molar-refractivity contribution in [2.75, 3.05) is 13.2 Å². The minimum Gasteiger partial charge on any atom is -0.465 e. The maximum Gasteiger partial charge on any atom is 0.323 e. The van der Waals surface area contributed by atoms with Crippen molar-refractivity contribution < 1.29 is 45.0 Å². The zero-order valence-electron chi connectivity index (χ0n) is 23.0. The molecule has 0 aromatic heterocycles. The third kappa shape index (κ3) is 13.3. The van der Waals surface area contributed by atoms with Gasteiger partial charge in [-0.2, -0.15) is 16.8 Å². The summed E-state index contributed by atoms with van der Waals surface area (Å²) in [6.07, 6.45) is 0.998. The van der Waals surface area contributed by atoms with Gasteiger partial charge in [-0.25, -0.2) is 0 Å². The average Bonchev–Trinajstić information content (AvgIpc) is 2.82. The molecule has 6 N–H and O–H groups in total. The summed E-state index contributed by atoms with van der Waals surface area (Å²) in [7, 11) is -8.94. The lowest BCUT2D eigenvalue weighted by Gasteiger charge is -2.09. The number of fused-ring (bicyclic) bond motifs is 1. The van der Waals surface area contributed by atoms with Gasteiger partial charge in [-0.1, -0.05) is 35.4 Å². The number of ether oxygens (including phenoxy) is 2. The highest BCUT2D eigenvalue weighted by Gasteiger charge is 2.19. The summed E-state index contributed by atoms with van der Waals surface area (Å²) in [4.78, 5) is 21.0. The third-order valence-corrected chi connectivity index (χ3v) is 6.54. The normalized spacial score (nSPS) is 12.5. The topological polar surface area (TPSA) is 213 Å². The molecule has 0 heterocycles. The van der Waals surface area contributed by atoms with Gasteiger partial charge in [0.2, 0.25) is 0 Å². The second-order valence-electron chi connectivity index (χ2n) is 8.60. The highest BCUT2D eigenvalue weighted by atomic mass is 32.2. The minimum absolute atomic E-state index is 0.0233. The molecule has 224 valence electrons. The Morgan fingerprint density at radius 3 is 1.27 bits per heavy atom. The van der Waals surface area contributed by atoms with Gasteiger partial charge in [0.25, 0.3) is 20.2 Å². The molecule has 2 unspecified atom stereocenters. The minimum atomic E-state index is -4.47. The summed E-state index contributed by atoms with van der Waals surface area (Å²) in [5.74, 6) is -0.703. The van der Waals surface area contributed by atoms with E-state index in [9.17, 15) is 26.4 Å². The summed E-state index contributed by atoms with van der Waals surface area (Å²) < 4.78 is 72.1. The van der Waals surface area contributed by atoms with Crippen LogP contribution in [-0.2, 0) is 39.3 Å². The van der Waals surface area contributed by atoms with Crippen LogP contribution in [0, 0.1) is 0 Å². The van der Waals surface area contributed by atoms with E-state index in [-0.39, 0.29) is 22.7 Å². The number of esters is 2. The van der Waals surface area contributed by atoms with Gasteiger partial charge in [-0.05, 0) is 52.7 Å². The van der Waals surface area contributed by atoms with Gasteiger partial charge in [0, 0.05) is 10.8 Å². The Bertz CT molecular complexity index is 1300. The first-order chi connectivity index (χ1) is 18.4. The van der Waals surface area contributed by atoms with E-state index in [1.165, 1.54) is 24.3 Å². The summed E-state index contributed by atoms with van der Waals surface area (Å²) in [5, 5.41) is 0.0465. The molecule has 40 heavy (non-hydrogen) atoms. The Hall–Kier alpha value is -3.14. The van der Waals surface area contributed by atoms with Crippen LogP contribution in [0.5, 0.6) is 0 Å². The van der Waals surface area contributed by atoms with Crippen molar-refractivity contribution in [2.45, 2.75) is 62.4 Å². The molecule has 0 fully saturated rings. The molecular weight excluding hydrogens is 564 g/mol. The maximum absolute atomic E-state index is 11.2. The van der Waals surface area contributed by atoms with Crippen molar-refractivity contribution in [1.29, 1.82) is 0 Å². The van der Waals surface area contributed by atoms with Gasteiger partial charge in [-0.15, -0.1) is 13.2 Å². The first-order valence-corrected chi connectivity index (χ1v) is 14.8. The molecule has 0 spiro atoms. The molecule has 0 aliphatic carbocycles. The number of benzene rings is 2. The molecule has 14 heteroatoms. The fourth-order valence-electron chi connectivity index (χ4n) is 3.12. The quantitative estimate of drug-likeness (QED) is 0.175. The van der Waals surface area contributed by atoms with E-state index >= 15 is 0 Å². The highest BCUT2D eigenvalue weighted by Crippen LogP contribution is 2.28. The number of nitrogens with two attached hydrogens (primary N) is 2. The molecule has 2 aromatic rings. The van der Waals surface area contributed by atoms with Crippen molar-refractivity contribution in [3.8, 4) is 0 Å². The molecule has 2 atom stereocenters. The molecule has 0 radical (unpaired) electrons. The first kappa shape index (κ1) is 36.9. The Morgan fingerprint density at radius 1 is 0.750 bits per heavy atom. The van der Waals surface area contributed by atoms with E-state index in [4.69, 9.17) is 30.0 Å². The van der Waals surface area contributed by atoms with Crippen LogP contribution in [0.2, 0.25) is 0 Å². The Kier molecular flexibility index (Phi) is 15.5. The van der Waals surface area contributed by atoms with E-state index in [2.05, 4.69) is 13.2 Å². The first-order valence-electron chi connectivity index (χ1n) is 12.0. The summed E-state index contributed by atoms with van der Waals surface area (Å²) in [6.45, 7) is 15.2. The van der Waals surface area contributed by atoms with Crippen molar-refractivity contribution in [2.24, 2.45) is 11.5 Å². The van der Waals surface area contributed by atoms with Gasteiger partial charge in [0.05, 0.1) is 13.2 Å². The zero-order valence-corrected chi connectivity index (χ0v) is 24.6. The van der Waals surface area contributed by atoms with E-state index in [0.29, 0.717) is 26.1 Å². The fourth-order valence-corrected chi connectivity index (χ4v) is 4.53. The van der Waals surface area contributed by atoms with Crippen molar-refractivity contribution in [3.63, 3.8) is 0 Å². The predicted octanol–water partition coefficient (Wildman–Crippen LogP) is 3.02. The van der Waals surface area contributed by atoms with Gasteiger partial charge in [-0.3, -0.25) is 18.7 Å². The SMILES string of the molecule is C=C(C)CC(N)C(=O)OCC.C=C(C)CC(N)C(=O)OCC.O=S(=O)(O)c1cccc2c(S(=O)(=O)O)cccc12. The second-order valence-corrected chi connectivity index (χ2v) is 11.4. The van der Waals surface area contributed by atoms with Crippen LogP contribution in [-0.4, -0.2) is 63.2 Å². The summed E-state index contributed by atoms with van der Waals surface area (Å²) in [6, 6.07) is 6.43. The number of carbonyl (C=O) groups excluding carboxylic acids is 2. The van der Waals surface area contributed by atoms with Crippen LogP contribution in [0.4, 0.5) is 0 Å². The maximum atomic E-state index is 11.2. The third-order valence-electron chi connectivity index (χ3n) is 4.71. The second kappa shape index (κ2) is 16.8. The number of hydrogen-bond acceptors (Lipinski definition) is 10. The van der Waals surface area contributed by atoms with Crippen LogP contribution >= 0.6 is 0 Å². The molecule has 0 saturated heterocycles. The highest BCUT2D eigenvalue weighted by molar-refractivity contribution is 7.86. The molecule has 2 rings (SSSR count). The number of hydrogen-bond donors (Lipinski definition) is 4. The Morgan fingerprint density at radius 2 is 1.05 bits per heavy atom. The van der Waals surface area contributed by atoms with Gasteiger partial charge >= 0.3 is 11.9 Å². The lowest BCUT2D eigenvalue weighted by molar-refractivity contribution is -0.145. The lowest BCUT2D eigenvalue weighted by atomic mass is 10.1. The molecule has 0 saturated carbocycles. The van der Waals surface area contributed by atoms with Gasteiger partial charge in [0.1, 0.15) is 21.9 Å². The molecule has 2 aromatic carbocycles. The van der Waals surface area contributed by atoms with Crippen molar-refractivity contribution in [3.05, 3.63) is 60.7 Å². The van der Waals surface area contributed by atoms with E-state index in [0.717, 1.165) is 23.3 Å². The smallest absolute Gasteiger partial charge is 0.323 e. The van der Waals surface area contributed by atoms with Crippen molar-refractivity contribution >= 4 is 42.9 Å². The monoisotopic (exact) mass is 602 g/mol. The van der Waals surface area contributed by atoms with Crippen molar-refractivity contribution in [1.82, 2.24) is 0 Å². The Balaban J connectivity index is 0.000000606. The van der Waals surface area contributed by atoms with Gasteiger partial charge in [0.15, 0.2) is 0 Å². The van der Waals surface area contributed by atoms with E-state index < -0.39 is 42.1 Å². The summed E-state index contributed by atoms with van der Waals surface area (Å²) in [5.41, 5.74) is 12.7. The van der Waals surface area contributed by atoms with Crippen LogP contribution in [0.15, 0.2) is 70.5 Å². The summed E-state index contributed by atoms with van der Waals surface area (Å²) >= 11 is 0. The average molecular weight is 603 g/mol.